The summed E-state index contributed by atoms with van der Waals surface area (Å²) >= 11 is 0. The summed E-state index contributed by atoms with van der Waals surface area (Å²) in [6, 6.07) is 9.99. The first kappa shape index (κ1) is 25.9. The van der Waals surface area contributed by atoms with Crippen LogP contribution in [-0.4, -0.2) is 21.8 Å². The van der Waals surface area contributed by atoms with Gasteiger partial charge in [-0.05, 0) is 94.3 Å². The number of aliphatic hydroxyl groups is 1. The molecule has 1 aliphatic rings. The number of ether oxygens (including phenoxy) is 2. The van der Waals surface area contributed by atoms with E-state index in [0.29, 0.717) is 45.1 Å². The van der Waals surface area contributed by atoms with E-state index in [1.54, 1.807) is 53.1 Å². The van der Waals surface area contributed by atoms with Crippen molar-refractivity contribution in [3.05, 3.63) is 75.5 Å². The van der Waals surface area contributed by atoms with Gasteiger partial charge >= 0.3 is 0 Å². The van der Waals surface area contributed by atoms with Crippen LogP contribution in [-0.2, 0) is 12.6 Å². The summed E-state index contributed by atoms with van der Waals surface area (Å²) in [4.78, 5) is 12.6. The molecule has 0 amide bonds. The molecule has 0 bridgehead atoms. The number of benzene rings is 2. The Hall–Kier alpha value is -3.16. The fraction of sp³-hybridized carbons (Fsp3) is 0.414. The summed E-state index contributed by atoms with van der Waals surface area (Å²) in [5.74, 6) is 1.21. The van der Waals surface area contributed by atoms with Gasteiger partial charge in [-0.25, -0.2) is 4.39 Å². The second-order valence-corrected chi connectivity index (χ2v) is 10.4. The summed E-state index contributed by atoms with van der Waals surface area (Å²) in [6.45, 7) is 7.02. The average molecular weight is 495 g/mol. The van der Waals surface area contributed by atoms with Crippen LogP contribution in [0.5, 0.6) is 17.2 Å². The predicted octanol–water partition coefficient (Wildman–Crippen LogP) is 5.48. The molecule has 0 radical (unpaired) electrons. The highest BCUT2D eigenvalue weighted by molar-refractivity contribution is 5.76. The third kappa shape index (κ3) is 5.63. The van der Waals surface area contributed by atoms with Crippen LogP contribution >= 0.6 is 0 Å². The van der Waals surface area contributed by atoms with Crippen molar-refractivity contribution in [3.8, 4) is 28.4 Å². The number of hydrogen-bond acceptors (Lipinski definition) is 5. The normalized spacial score (nSPS) is 18.2. The van der Waals surface area contributed by atoms with E-state index < -0.39 is 5.60 Å². The van der Waals surface area contributed by atoms with Crippen molar-refractivity contribution in [1.29, 1.82) is 0 Å². The molecule has 0 saturated heterocycles. The maximum atomic E-state index is 13.9. The molecule has 1 aromatic heterocycles. The molecule has 6 nitrogen and oxygen atoms in total. The number of rotatable bonds is 6. The lowest BCUT2D eigenvalue weighted by Gasteiger charge is -2.28. The van der Waals surface area contributed by atoms with E-state index in [-0.39, 0.29) is 23.5 Å². The first-order valence-corrected chi connectivity index (χ1v) is 12.4. The maximum absolute atomic E-state index is 13.9. The zero-order valence-corrected chi connectivity index (χ0v) is 21.6. The van der Waals surface area contributed by atoms with Crippen LogP contribution in [0.1, 0.15) is 56.2 Å². The molecule has 36 heavy (non-hydrogen) atoms. The average Bonchev–Trinajstić information content (AvgIpc) is 2.79. The van der Waals surface area contributed by atoms with Gasteiger partial charge in [0.15, 0.2) is 0 Å². The number of halogens is 1. The molecule has 1 aliphatic carbocycles. The SMILES string of the molecule is Cc1cc(F)cc(C)c1Oc1ccc(C(C)(C)O)cc1-c1cn(C)c(=O)cc1OC1CCC(N)CC1. The van der Waals surface area contributed by atoms with Crippen molar-refractivity contribution < 1.29 is 19.0 Å². The fourth-order valence-corrected chi connectivity index (χ4v) is 4.68. The molecule has 1 heterocycles. The minimum Gasteiger partial charge on any atom is -0.490 e. The number of aromatic nitrogens is 1. The van der Waals surface area contributed by atoms with Crippen LogP contribution in [0.25, 0.3) is 11.1 Å². The highest BCUT2D eigenvalue weighted by atomic mass is 19.1. The van der Waals surface area contributed by atoms with Crippen LogP contribution in [0.4, 0.5) is 4.39 Å². The van der Waals surface area contributed by atoms with Crippen molar-refractivity contribution in [3.63, 3.8) is 0 Å². The van der Waals surface area contributed by atoms with Crippen molar-refractivity contribution in [2.45, 2.75) is 71.1 Å². The second-order valence-electron chi connectivity index (χ2n) is 10.4. The molecule has 0 atom stereocenters. The fourth-order valence-electron chi connectivity index (χ4n) is 4.68. The number of hydrogen-bond donors (Lipinski definition) is 2. The Kier molecular flexibility index (Phi) is 7.25. The Balaban J connectivity index is 1.86. The zero-order chi connectivity index (χ0) is 26.2. The lowest BCUT2D eigenvalue weighted by molar-refractivity contribution is 0.0786. The standard InChI is InChI=1S/C29H35FN2O4/c1-17-12-20(30)13-18(2)28(17)36-25-11-6-19(29(3,4)34)14-23(25)24-16-32(5)27(33)15-26(24)35-22-9-7-21(31)8-10-22/h6,11-16,21-22,34H,7-10,31H2,1-5H3. The predicted molar refractivity (Wildman–Crippen MR) is 139 cm³/mol. The van der Waals surface area contributed by atoms with E-state index in [4.69, 9.17) is 15.2 Å². The van der Waals surface area contributed by atoms with Gasteiger partial charge in [-0.15, -0.1) is 0 Å². The minimum absolute atomic E-state index is 0.0425. The molecule has 1 saturated carbocycles. The van der Waals surface area contributed by atoms with Crippen LogP contribution in [0.2, 0.25) is 0 Å². The molecule has 0 unspecified atom stereocenters. The third-order valence-electron chi connectivity index (χ3n) is 6.82. The quantitative estimate of drug-likeness (QED) is 0.474. The van der Waals surface area contributed by atoms with E-state index in [9.17, 15) is 14.3 Å². The van der Waals surface area contributed by atoms with Crippen molar-refractivity contribution in [2.24, 2.45) is 12.8 Å². The molecule has 7 heteroatoms. The molecule has 1 fully saturated rings. The molecular weight excluding hydrogens is 459 g/mol. The van der Waals surface area contributed by atoms with Crippen LogP contribution < -0.4 is 20.8 Å². The summed E-state index contributed by atoms with van der Waals surface area (Å²) in [7, 11) is 1.68. The van der Waals surface area contributed by atoms with Crippen molar-refractivity contribution >= 4 is 0 Å². The molecule has 2 aromatic carbocycles. The number of nitrogens with two attached hydrogens (primary N) is 1. The highest BCUT2D eigenvalue weighted by Crippen LogP contribution is 2.42. The Morgan fingerprint density at radius 3 is 2.25 bits per heavy atom. The van der Waals surface area contributed by atoms with E-state index in [0.717, 1.165) is 25.7 Å². The first-order chi connectivity index (χ1) is 16.9. The first-order valence-electron chi connectivity index (χ1n) is 12.4. The van der Waals surface area contributed by atoms with Gasteiger partial charge in [0.05, 0.1) is 11.7 Å². The number of aryl methyl sites for hydroxylation is 3. The maximum Gasteiger partial charge on any atom is 0.254 e. The molecule has 3 N–H and O–H groups in total. The summed E-state index contributed by atoms with van der Waals surface area (Å²) < 4.78 is 28.2. The molecule has 0 aliphatic heterocycles. The van der Waals surface area contributed by atoms with Crippen LogP contribution in [0.3, 0.4) is 0 Å². The second kappa shape index (κ2) is 10.1. The summed E-state index contributed by atoms with van der Waals surface area (Å²) in [6.07, 6.45) is 5.06. The summed E-state index contributed by atoms with van der Waals surface area (Å²) in [5, 5.41) is 10.7. The molecule has 192 valence electrons. The van der Waals surface area contributed by atoms with E-state index >= 15 is 0 Å². The number of pyridine rings is 1. The Morgan fingerprint density at radius 2 is 1.64 bits per heavy atom. The minimum atomic E-state index is -1.10. The monoisotopic (exact) mass is 494 g/mol. The van der Waals surface area contributed by atoms with Gasteiger partial charge in [0.25, 0.3) is 5.56 Å². The Morgan fingerprint density at radius 1 is 1.00 bits per heavy atom. The molecule has 3 aromatic rings. The van der Waals surface area contributed by atoms with E-state index in [2.05, 4.69) is 0 Å². The van der Waals surface area contributed by atoms with E-state index in [1.165, 1.54) is 22.8 Å². The zero-order valence-electron chi connectivity index (χ0n) is 21.6. The Labute approximate surface area is 211 Å². The largest absolute Gasteiger partial charge is 0.490 e. The van der Waals surface area contributed by atoms with Gasteiger partial charge in [-0.3, -0.25) is 4.79 Å². The topological polar surface area (TPSA) is 86.7 Å². The smallest absolute Gasteiger partial charge is 0.254 e. The van der Waals surface area contributed by atoms with Gasteiger partial charge in [-0.1, -0.05) is 6.07 Å². The van der Waals surface area contributed by atoms with Crippen molar-refractivity contribution in [2.75, 3.05) is 0 Å². The summed E-state index contributed by atoms with van der Waals surface area (Å²) in [5.41, 5.74) is 8.13. The van der Waals surface area contributed by atoms with E-state index in [1.807, 2.05) is 6.07 Å². The van der Waals surface area contributed by atoms with Crippen LogP contribution in [0.15, 0.2) is 47.4 Å². The lowest BCUT2D eigenvalue weighted by Crippen LogP contribution is -2.32. The van der Waals surface area contributed by atoms with Gasteiger partial charge < -0.3 is 24.9 Å². The Bertz CT molecular complexity index is 1290. The van der Waals surface area contributed by atoms with Crippen molar-refractivity contribution in [1.82, 2.24) is 4.57 Å². The van der Waals surface area contributed by atoms with Gasteiger partial charge in [0.1, 0.15) is 23.1 Å². The third-order valence-corrected chi connectivity index (χ3v) is 6.82. The molecular formula is C29H35FN2O4. The van der Waals surface area contributed by atoms with Gasteiger partial charge in [0.2, 0.25) is 0 Å². The molecule has 4 rings (SSSR count). The number of nitrogens with zero attached hydrogens (tertiary/aromatic N) is 1. The highest BCUT2D eigenvalue weighted by Gasteiger charge is 2.25. The molecule has 0 spiro atoms. The van der Waals surface area contributed by atoms with Crippen LogP contribution in [0, 0.1) is 19.7 Å². The lowest BCUT2D eigenvalue weighted by atomic mass is 9.92. The van der Waals surface area contributed by atoms with Gasteiger partial charge in [-0.2, -0.15) is 0 Å². The van der Waals surface area contributed by atoms with Gasteiger partial charge in [0, 0.05) is 36.5 Å².